The summed E-state index contributed by atoms with van der Waals surface area (Å²) < 4.78 is 5.59. The molecule has 6 heteroatoms. The number of ether oxygens (including phenoxy) is 1. The Morgan fingerprint density at radius 3 is 2.52 bits per heavy atom. The maximum absolute atomic E-state index is 12.2. The van der Waals surface area contributed by atoms with Gasteiger partial charge in [-0.15, -0.1) is 0 Å². The molecule has 3 aromatic rings. The fourth-order valence-corrected chi connectivity index (χ4v) is 3.56. The van der Waals surface area contributed by atoms with Crippen molar-refractivity contribution in [2.75, 3.05) is 11.9 Å². The zero-order valence-electron chi connectivity index (χ0n) is 15.4. The first-order chi connectivity index (χ1) is 12.9. The molecule has 0 fully saturated rings. The third-order valence-electron chi connectivity index (χ3n) is 3.93. The van der Waals surface area contributed by atoms with Gasteiger partial charge in [-0.3, -0.25) is 14.9 Å². The highest BCUT2D eigenvalue weighted by Crippen LogP contribution is 2.31. The summed E-state index contributed by atoms with van der Waals surface area (Å²) in [6, 6.07) is 15.2. The van der Waals surface area contributed by atoms with E-state index in [1.54, 1.807) is 0 Å². The second kappa shape index (κ2) is 8.14. The maximum atomic E-state index is 12.2. The minimum Gasteiger partial charge on any atom is -0.483 e. The predicted molar refractivity (Wildman–Crippen MR) is 108 cm³/mol. The van der Waals surface area contributed by atoms with Crippen LogP contribution in [0.4, 0.5) is 5.13 Å². The molecule has 0 bridgehead atoms. The van der Waals surface area contributed by atoms with Crippen molar-refractivity contribution in [1.82, 2.24) is 4.98 Å². The summed E-state index contributed by atoms with van der Waals surface area (Å²) in [7, 11) is 0. The molecule has 0 atom stereocenters. The highest BCUT2D eigenvalue weighted by molar-refractivity contribution is 7.18. The van der Waals surface area contributed by atoms with Gasteiger partial charge >= 0.3 is 0 Å². The van der Waals surface area contributed by atoms with Gasteiger partial charge in [-0.05, 0) is 25.5 Å². The normalized spacial score (nSPS) is 10.5. The second-order valence-electron chi connectivity index (χ2n) is 6.22. The van der Waals surface area contributed by atoms with E-state index in [1.165, 1.54) is 18.3 Å². The number of thiazole rings is 1. The number of aromatic nitrogens is 1. The van der Waals surface area contributed by atoms with Crippen LogP contribution in [0.2, 0.25) is 0 Å². The highest BCUT2D eigenvalue weighted by Gasteiger charge is 2.18. The van der Waals surface area contributed by atoms with Gasteiger partial charge in [0.25, 0.3) is 5.91 Å². The molecule has 27 heavy (non-hydrogen) atoms. The van der Waals surface area contributed by atoms with Gasteiger partial charge in [-0.2, -0.15) is 0 Å². The monoisotopic (exact) mass is 380 g/mol. The van der Waals surface area contributed by atoms with Crippen LogP contribution in [0.25, 0.3) is 11.3 Å². The number of ketones is 1. The number of hydrogen-bond donors (Lipinski definition) is 1. The van der Waals surface area contributed by atoms with Crippen LogP contribution >= 0.6 is 11.3 Å². The minimum atomic E-state index is -0.321. The van der Waals surface area contributed by atoms with Crippen molar-refractivity contribution in [3.63, 3.8) is 0 Å². The lowest BCUT2D eigenvalue weighted by atomic mass is 10.1. The summed E-state index contributed by atoms with van der Waals surface area (Å²) in [5.74, 6) is 0.265. The molecule has 1 amide bonds. The number of benzene rings is 2. The van der Waals surface area contributed by atoms with Crippen LogP contribution in [-0.4, -0.2) is 23.3 Å². The third-order valence-corrected chi connectivity index (χ3v) is 5.00. The van der Waals surface area contributed by atoms with Gasteiger partial charge < -0.3 is 4.74 Å². The first kappa shape index (κ1) is 18.8. The number of carbonyl (C=O) groups is 2. The van der Waals surface area contributed by atoms with Crippen molar-refractivity contribution in [2.24, 2.45) is 0 Å². The Kier molecular flexibility index (Phi) is 5.66. The molecule has 1 N–H and O–H groups in total. The Morgan fingerprint density at radius 2 is 1.85 bits per heavy atom. The Morgan fingerprint density at radius 1 is 1.11 bits per heavy atom. The molecule has 1 heterocycles. The van der Waals surface area contributed by atoms with Gasteiger partial charge in [0.05, 0.1) is 10.6 Å². The van der Waals surface area contributed by atoms with Crippen LogP contribution in [0, 0.1) is 13.8 Å². The number of amides is 1. The standard InChI is InChI=1S/C21H20N2O3S/c1-13-9-10-17(14(2)11-13)26-12-18(25)22-21-23-19(20(27-21)15(3)24)16-7-5-4-6-8-16/h4-11H,12H2,1-3H3,(H,22,23,25). The minimum absolute atomic E-state index is 0.0848. The summed E-state index contributed by atoms with van der Waals surface area (Å²) in [5.41, 5.74) is 3.53. The quantitative estimate of drug-likeness (QED) is 0.632. The van der Waals surface area contributed by atoms with Crippen LogP contribution in [0.5, 0.6) is 5.75 Å². The van der Waals surface area contributed by atoms with E-state index >= 15 is 0 Å². The maximum Gasteiger partial charge on any atom is 0.264 e. The van der Waals surface area contributed by atoms with E-state index in [0.717, 1.165) is 16.7 Å². The van der Waals surface area contributed by atoms with Gasteiger partial charge in [0.2, 0.25) is 0 Å². The van der Waals surface area contributed by atoms with E-state index in [-0.39, 0.29) is 18.3 Å². The SMILES string of the molecule is CC(=O)c1sc(NC(=O)COc2ccc(C)cc2C)nc1-c1ccccc1. The third kappa shape index (κ3) is 4.60. The molecule has 138 valence electrons. The summed E-state index contributed by atoms with van der Waals surface area (Å²) in [6.45, 7) is 5.31. The van der Waals surface area contributed by atoms with E-state index in [9.17, 15) is 9.59 Å². The Balaban J connectivity index is 1.71. The van der Waals surface area contributed by atoms with Crippen molar-refractivity contribution in [2.45, 2.75) is 20.8 Å². The van der Waals surface area contributed by atoms with Crippen LogP contribution < -0.4 is 10.1 Å². The molecule has 2 aromatic carbocycles. The zero-order valence-corrected chi connectivity index (χ0v) is 16.2. The molecule has 5 nitrogen and oxygen atoms in total. The highest BCUT2D eigenvalue weighted by atomic mass is 32.1. The van der Waals surface area contributed by atoms with Crippen LogP contribution in [0.15, 0.2) is 48.5 Å². The van der Waals surface area contributed by atoms with Gasteiger partial charge in [-0.25, -0.2) is 4.98 Å². The summed E-state index contributed by atoms with van der Waals surface area (Å²) in [6.07, 6.45) is 0. The molecule has 1 aromatic heterocycles. The fraction of sp³-hybridized carbons (Fsp3) is 0.190. The van der Waals surface area contributed by atoms with Crippen LogP contribution in [-0.2, 0) is 4.79 Å². The topological polar surface area (TPSA) is 68.3 Å². The lowest BCUT2D eigenvalue weighted by molar-refractivity contribution is -0.118. The predicted octanol–water partition coefficient (Wildman–Crippen LogP) is 4.65. The Labute approximate surface area is 162 Å². The average Bonchev–Trinajstić information content (AvgIpc) is 3.06. The van der Waals surface area contributed by atoms with Crippen LogP contribution in [0.3, 0.4) is 0 Å². The molecule has 0 aliphatic carbocycles. The molecular weight excluding hydrogens is 360 g/mol. The van der Waals surface area contributed by atoms with Crippen LogP contribution in [0.1, 0.15) is 27.7 Å². The largest absolute Gasteiger partial charge is 0.483 e. The molecular formula is C21H20N2O3S. The number of hydrogen-bond acceptors (Lipinski definition) is 5. The Hall–Kier alpha value is -2.99. The number of nitrogens with one attached hydrogen (secondary N) is 1. The van der Waals surface area contributed by atoms with Crippen molar-refractivity contribution in [3.8, 4) is 17.0 Å². The molecule has 0 saturated carbocycles. The molecule has 0 aliphatic rings. The fourth-order valence-electron chi connectivity index (χ4n) is 2.66. The number of carbonyl (C=O) groups excluding carboxylic acids is 2. The molecule has 0 radical (unpaired) electrons. The van der Waals surface area contributed by atoms with E-state index in [4.69, 9.17) is 4.74 Å². The number of anilines is 1. The lowest BCUT2D eigenvalue weighted by Gasteiger charge is -2.09. The van der Waals surface area contributed by atoms with E-state index in [0.29, 0.717) is 21.5 Å². The number of Topliss-reactive ketones (excluding diaryl/α,β-unsaturated/α-hetero) is 1. The van der Waals surface area contributed by atoms with E-state index in [1.807, 2.05) is 62.4 Å². The van der Waals surface area contributed by atoms with E-state index < -0.39 is 0 Å². The first-order valence-electron chi connectivity index (χ1n) is 8.51. The smallest absolute Gasteiger partial charge is 0.264 e. The van der Waals surface area contributed by atoms with Gasteiger partial charge in [0.15, 0.2) is 17.5 Å². The number of rotatable bonds is 6. The van der Waals surface area contributed by atoms with Gasteiger partial charge in [0.1, 0.15) is 5.75 Å². The molecule has 0 spiro atoms. The first-order valence-corrected chi connectivity index (χ1v) is 9.33. The van der Waals surface area contributed by atoms with Gasteiger partial charge in [-0.1, -0.05) is 59.4 Å². The number of nitrogens with zero attached hydrogens (tertiary/aromatic N) is 1. The van der Waals surface area contributed by atoms with Crippen molar-refractivity contribution in [3.05, 3.63) is 64.5 Å². The molecule has 0 aliphatic heterocycles. The number of aryl methyl sites for hydroxylation is 2. The van der Waals surface area contributed by atoms with E-state index in [2.05, 4.69) is 10.3 Å². The summed E-state index contributed by atoms with van der Waals surface area (Å²) >= 11 is 1.17. The second-order valence-corrected chi connectivity index (χ2v) is 7.22. The molecule has 3 rings (SSSR count). The zero-order chi connectivity index (χ0) is 19.4. The average molecular weight is 380 g/mol. The summed E-state index contributed by atoms with van der Waals surface area (Å²) in [5, 5.41) is 3.10. The van der Waals surface area contributed by atoms with Crippen molar-refractivity contribution in [1.29, 1.82) is 0 Å². The van der Waals surface area contributed by atoms with Crippen molar-refractivity contribution < 1.29 is 14.3 Å². The van der Waals surface area contributed by atoms with Crippen molar-refractivity contribution >= 4 is 28.2 Å². The molecule has 0 unspecified atom stereocenters. The molecule has 0 saturated heterocycles. The van der Waals surface area contributed by atoms with Gasteiger partial charge in [0, 0.05) is 12.5 Å². The Bertz CT molecular complexity index is 980. The lowest BCUT2D eigenvalue weighted by Crippen LogP contribution is -2.20. The summed E-state index contributed by atoms with van der Waals surface area (Å²) in [4.78, 5) is 29.1.